The zero-order valence-electron chi connectivity index (χ0n) is 11.0. The topological polar surface area (TPSA) is 127 Å². The third-order valence-electron chi connectivity index (χ3n) is 2.84. The minimum atomic E-state index is -3.69. The summed E-state index contributed by atoms with van der Waals surface area (Å²) >= 11 is 0. The van der Waals surface area contributed by atoms with Crippen molar-refractivity contribution in [3.05, 3.63) is 36.4 Å². The quantitative estimate of drug-likeness (QED) is 0.664. The Kier molecular flexibility index (Phi) is 3.07. The van der Waals surface area contributed by atoms with Crippen molar-refractivity contribution in [3.63, 3.8) is 0 Å². The molecule has 0 fully saturated rings. The van der Waals surface area contributed by atoms with Crippen LogP contribution in [0.2, 0.25) is 0 Å². The Balaban J connectivity index is 1.97. The molecule has 0 spiro atoms. The lowest BCUT2D eigenvalue weighted by Crippen LogP contribution is -2.11. The number of fused-ring (bicyclic) bond motifs is 1. The van der Waals surface area contributed by atoms with E-state index in [2.05, 4.69) is 25.3 Å². The number of rotatable bonds is 3. The molecule has 108 valence electrons. The second-order valence-electron chi connectivity index (χ2n) is 4.41. The summed E-state index contributed by atoms with van der Waals surface area (Å²) in [6, 6.07) is 6.07. The van der Waals surface area contributed by atoms with Crippen molar-refractivity contribution in [2.75, 3.05) is 5.32 Å². The second kappa shape index (κ2) is 4.79. The first kappa shape index (κ1) is 13.5. The number of benzene rings is 1. The number of anilines is 2. The summed E-state index contributed by atoms with van der Waals surface area (Å²) in [5.74, 6) is 1.15. The van der Waals surface area contributed by atoms with Gasteiger partial charge in [0.2, 0.25) is 10.0 Å². The molecule has 0 radical (unpaired) electrons. The number of H-pyrrole nitrogens is 1. The van der Waals surface area contributed by atoms with Crippen molar-refractivity contribution in [2.24, 2.45) is 5.14 Å². The fraction of sp³-hybridized carbons (Fsp3) is 0.0833. The van der Waals surface area contributed by atoms with Crippen LogP contribution in [-0.2, 0) is 10.0 Å². The number of hydrogen-bond acceptors (Lipinski definition) is 6. The van der Waals surface area contributed by atoms with Crippen LogP contribution < -0.4 is 10.5 Å². The summed E-state index contributed by atoms with van der Waals surface area (Å²) in [7, 11) is -3.69. The zero-order chi connectivity index (χ0) is 15.0. The van der Waals surface area contributed by atoms with Crippen LogP contribution in [0.5, 0.6) is 0 Å². The van der Waals surface area contributed by atoms with Gasteiger partial charge in [-0.3, -0.25) is 0 Å². The number of aromatic nitrogens is 4. The molecule has 4 N–H and O–H groups in total. The van der Waals surface area contributed by atoms with Crippen LogP contribution in [0.25, 0.3) is 11.2 Å². The van der Waals surface area contributed by atoms with Crippen molar-refractivity contribution in [2.45, 2.75) is 11.8 Å². The van der Waals surface area contributed by atoms with E-state index in [4.69, 9.17) is 5.14 Å². The molecule has 9 heteroatoms. The first-order valence-corrected chi connectivity index (χ1v) is 7.56. The Morgan fingerprint density at radius 1 is 1.19 bits per heavy atom. The van der Waals surface area contributed by atoms with Gasteiger partial charge in [0, 0.05) is 5.69 Å². The number of primary sulfonamides is 1. The van der Waals surface area contributed by atoms with E-state index in [-0.39, 0.29) is 4.90 Å². The lowest BCUT2D eigenvalue weighted by molar-refractivity contribution is 0.598. The van der Waals surface area contributed by atoms with E-state index in [9.17, 15) is 8.42 Å². The molecule has 0 aliphatic heterocycles. The molecular weight excluding hydrogens is 292 g/mol. The summed E-state index contributed by atoms with van der Waals surface area (Å²) < 4.78 is 22.4. The Morgan fingerprint density at radius 2 is 1.90 bits per heavy atom. The number of nitrogens with one attached hydrogen (secondary N) is 2. The van der Waals surface area contributed by atoms with Gasteiger partial charge in [-0.15, -0.1) is 0 Å². The van der Waals surface area contributed by atoms with Crippen LogP contribution in [0.1, 0.15) is 5.82 Å². The van der Waals surface area contributed by atoms with Gasteiger partial charge in [-0.25, -0.2) is 28.5 Å². The molecule has 1 aromatic carbocycles. The normalized spacial score (nSPS) is 11.7. The van der Waals surface area contributed by atoms with Gasteiger partial charge in [0.1, 0.15) is 11.3 Å². The summed E-state index contributed by atoms with van der Waals surface area (Å²) in [5, 5.41) is 8.15. The van der Waals surface area contributed by atoms with E-state index in [1.165, 1.54) is 18.5 Å². The van der Waals surface area contributed by atoms with Crippen LogP contribution in [-0.4, -0.2) is 28.4 Å². The van der Waals surface area contributed by atoms with Crippen molar-refractivity contribution >= 4 is 32.7 Å². The van der Waals surface area contributed by atoms with Crippen LogP contribution in [0.15, 0.2) is 35.5 Å². The van der Waals surface area contributed by atoms with Crippen molar-refractivity contribution in [1.82, 2.24) is 19.9 Å². The van der Waals surface area contributed by atoms with Gasteiger partial charge in [0.25, 0.3) is 0 Å². The maximum absolute atomic E-state index is 11.2. The molecule has 3 aromatic rings. The number of nitrogens with zero attached hydrogens (tertiary/aromatic N) is 3. The SMILES string of the molecule is Cc1nc(Nc2ccc(S(N)(=O)=O)cc2)c2[nH]cnc2n1. The predicted molar refractivity (Wildman–Crippen MR) is 77.5 cm³/mol. The third kappa shape index (κ3) is 2.69. The maximum atomic E-state index is 11.2. The van der Waals surface area contributed by atoms with Crippen molar-refractivity contribution in [1.29, 1.82) is 0 Å². The minimum absolute atomic E-state index is 0.0543. The van der Waals surface area contributed by atoms with Crippen LogP contribution >= 0.6 is 0 Å². The monoisotopic (exact) mass is 304 g/mol. The van der Waals surface area contributed by atoms with Crippen molar-refractivity contribution in [3.8, 4) is 0 Å². The van der Waals surface area contributed by atoms with E-state index in [1.807, 2.05) is 0 Å². The lowest BCUT2D eigenvalue weighted by Gasteiger charge is -2.07. The van der Waals surface area contributed by atoms with Crippen LogP contribution in [0.3, 0.4) is 0 Å². The number of sulfonamides is 1. The highest BCUT2D eigenvalue weighted by molar-refractivity contribution is 7.89. The molecule has 0 aliphatic rings. The molecule has 0 aliphatic carbocycles. The predicted octanol–water partition coefficient (Wildman–Crippen LogP) is 1.05. The van der Waals surface area contributed by atoms with Gasteiger partial charge in [-0.05, 0) is 31.2 Å². The molecule has 0 saturated heterocycles. The highest BCUT2D eigenvalue weighted by Gasteiger charge is 2.10. The summed E-state index contributed by atoms with van der Waals surface area (Å²) in [5.41, 5.74) is 1.92. The molecule has 0 amide bonds. The molecule has 2 aromatic heterocycles. The second-order valence-corrected chi connectivity index (χ2v) is 5.98. The molecule has 2 heterocycles. The highest BCUT2D eigenvalue weighted by Crippen LogP contribution is 2.22. The summed E-state index contributed by atoms with van der Waals surface area (Å²) in [4.78, 5) is 15.6. The minimum Gasteiger partial charge on any atom is -0.340 e. The van der Waals surface area contributed by atoms with E-state index in [0.717, 1.165) is 0 Å². The molecule has 21 heavy (non-hydrogen) atoms. The van der Waals surface area contributed by atoms with E-state index >= 15 is 0 Å². The third-order valence-corrected chi connectivity index (χ3v) is 3.77. The number of hydrogen-bond donors (Lipinski definition) is 3. The van der Waals surface area contributed by atoms with E-state index < -0.39 is 10.0 Å². The van der Waals surface area contributed by atoms with Crippen molar-refractivity contribution < 1.29 is 8.42 Å². The molecule has 3 rings (SSSR count). The Morgan fingerprint density at radius 3 is 2.57 bits per heavy atom. The summed E-state index contributed by atoms with van der Waals surface area (Å²) in [6.45, 7) is 1.77. The first-order valence-electron chi connectivity index (χ1n) is 6.01. The van der Waals surface area contributed by atoms with Gasteiger partial charge >= 0.3 is 0 Å². The Bertz CT molecular complexity index is 901. The molecule has 0 saturated carbocycles. The molecule has 0 bridgehead atoms. The average molecular weight is 304 g/mol. The average Bonchev–Trinajstić information content (AvgIpc) is 2.86. The summed E-state index contributed by atoms with van der Waals surface area (Å²) in [6.07, 6.45) is 1.54. The van der Waals surface area contributed by atoms with E-state index in [0.29, 0.717) is 28.5 Å². The zero-order valence-corrected chi connectivity index (χ0v) is 11.8. The van der Waals surface area contributed by atoms with Gasteiger partial charge < -0.3 is 10.3 Å². The smallest absolute Gasteiger partial charge is 0.238 e. The van der Waals surface area contributed by atoms with E-state index in [1.54, 1.807) is 19.1 Å². The number of imidazole rings is 1. The molecule has 0 atom stereocenters. The number of aryl methyl sites for hydroxylation is 1. The van der Waals surface area contributed by atoms with Crippen LogP contribution in [0.4, 0.5) is 11.5 Å². The maximum Gasteiger partial charge on any atom is 0.238 e. The largest absolute Gasteiger partial charge is 0.340 e. The Hall–Kier alpha value is -2.52. The Labute approximate surface area is 120 Å². The van der Waals surface area contributed by atoms with Gasteiger partial charge in [-0.1, -0.05) is 0 Å². The molecule has 8 nitrogen and oxygen atoms in total. The van der Waals surface area contributed by atoms with Gasteiger partial charge in [0.05, 0.1) is 11.2 Å². The standard InChI is InChI=1S/C12H12N6O2S/c1-7-16-11-10(14-6-15-11)12(17-7)18-8-2-4-9(5-3-8)21(13,19)20/h2-6H,1H3,(H2,13,19,20)(H2,14,15,16,17,18). The van der Waals surface area contributed by atoms with Gasteiger partial charge in [-0.2, -0.15) is 0 Å². The highest BCUT2D eigenvalue weighted by atomic mass is 32.2. The fourth-order valence-electron chi connectivity index (χ4n) is 1.90. The number of aromatic amines is 1. The van der Waals surface area contributed by atoms with Gasteiger partial charge in [0.15, 0.2) is 11.5 Å². The lowest BCUT2D eigenvalue weighted by atomic mass is 10.3. The van der Waals surface area contributed by atoms with Crippen LogP contribution in [0, 0.1) is 6.92 Å². The fourth-order valence-corrected chi connectivity index (χ4v) is 2.41. The molecule has 0 unspecified atom stereocenters. The first-order chi connectivity index (χ1) is 9.93. The number of nitrogens with two attached hydrogens (primary N) is 1. The molecular formula is C12H12N6O2S.